The van der Waals surface area contributed by atoms with Crippen LogP contribution in [0.3, 0.4) is 0 Å². The first-order valence-electron chi connectivity index (χ1n) is 5.79. The average Bonchev–Trinajstić information content (AvgIpc) is 2.40. The van der Waals surface area contributed by atoms with Crippen LogP contribution in [0.25, 0.3) is 0 Å². The summed E-state index contributed by atoms with van der Waals surface area (Å²) in [5.74, 6) is 0. The molecular formula is C14H17N3. The zero-order valence-corrected chi connectivity index (χ0v) is 9.71. The summed E-state index contributed by atoms with van der Waals surface area (Å²) in [4.78, 5) is 3.99. The van der Waals surface area contributed by atoms with Crippen molar-refractivity contribution in [3.63, 3.8) is 0 Å². The monoisotopic (exact) mass is 227 g/mol. The van der Waals surface area contributed by atoms with Crippen LogP contribution in [-0.4, -0.2) is 17.6 Å². The molecule has 0 saturated carbocycles. The molecular weight excluding hydrogens is 210 g/mol. The Kier molecular flexibility index (Phi) is 4.11. The second-order valence-corrected chi connectivity index (χ2v) is 4.00. The van der Waals surface area contributed by atoms with Crippen molar-refractivity contribution in [1.82, 2.24) is 4.98 Å². The highest BCUT2D eigenvalue weighted by molar-refractivity contribution is 5.42. The lowest BCUT2D eigenvalue weighted by Gasteiger charge is -2.18. The number of nitrogens with one attached hydrogen (secondary N) is 1. The maximum Gasteiger partial charge on any atom is 0.0424 e. The summed E-state index contributed by atoms with van der Waals surface area (Å²) in [5, 5.41) is 3.41. The lowest BCUT2D eigenvalue weighted by Crippen LogP contribution is -2.30. The maximum absolute atomic E-state index is 5.79. The molecule has 1 unspecified atom stereocenters. The first-order valence-corrected chi connectivity index (χ1v) is 5.79. The van der Waals surface area contributed by atoms with E-state index in [1.165, 1.54) is 5.56 Å². The highest BCUT2D eigenvalue weighted by Crippen LogP contribution is 2.09. The van der Waals surface area contributed by atoms with E-state index in [1.54, 1.807) is 12.4 Å². The third-order valence-electron chi connectivity index (χ3n) is 2.66. The number of pyridine rings is 1. The van der Waals surface area contributed by atoms with E-state index in [1.807, 2.05) is 18.2 Å². The molecule has 0 aliphatic carbocycles. The van der Waals surface area contributed by atoms with Crippen LogP contribution in [0, 0.1) is 0 Å². The molecule has 0 aliphatic heterocycles. The number of anilines is 1. The molecule has 0 radical (unpaired) electrons. The van der Waals surface area contributed by atoms with Gasteiger partial charge in [0.1, 0.15) is 0 Å². The highest BCUT2D eigenvalue weighted by atomic mass is 14.9. The van der Waals surface area contributed by atoms with Crippen molar-refractivity contribution in [1.29, 1.82) is 0 Å². The number of aromatic nitrogens is 1. The standard InChI is InChI=1S/C14H17N3/c15-11-14(10-12-4-2-1-3-5-12)17-13-6-8-16-9-7-13/h1-9,14H,10-11,15H2,(H,16,17). The van der Waals surface area contributed by atoms with Gasteiger partial charge in [0.15, 0.2) is 0 Å². The quantitative estimate of drug-likeness (QED) is 0.822. The molecule has 0 aliphatic rings. The molecule has 0 bridgehead atoms. The lowest BCUT2D eigenvalue weighted by molar-refractivity contribution is 0.724. The Labute approximate surface area is 102 Å². The second-order valence-electron chi connectivity index (χ2n) is 4.00. The third-order valence-corrected chi connectivity index (χ3v) is 2.66. The van der Waals surface area contributed by atoms with E-state index in [2.05, 4.69) is 34.6 Å². The number of hydrogen-bond acceptors (Lipinski definition) is 3. The van der Waals surface area contributed by atoms with Crippen molar-refractivity contribution in [2.75, 3.05) is 11.9 Å². The van der Waals surface area contributed by atoms with Crippen LogP contribution >= 0.6 is 0 Å². The smallest absolute Gasteiger partial charge is 0.0424 e. The lowest BCUT2D eigenvalue weighted by atomic mass is 10.1. The van der Waals surface area contributed by atoms with Gasteiger partial charge in [-0.3, -0.25) is 4.98 Å². The van der Waals surface area contributed by atoms with Gasteiger partial charge in [-0.15, -0.1) is 0 Å². The van der Waals surface area contributed by atoms with Gasteiger partial charge in [0.25, 0.3) is 0 Å². The largest absolute Gasteiger partial charge is 0.381 e. The highest BCUT2D eigenvalue weighted by Gasteiger charge is 2.06. The van der Waals surface area contributed by atoms with E-state index < -0.39 is 0 Å². The molecule has 0 spiro atoms. The van der Waals surface area contributed by atoms with Gasteiger partial charge in [0, 0.05) is 30.7 Å². The van der Waals surface area contributed by atoms with E-state index >= 15 is 0 Å². The summed E-state index contributed by atoms with van der Waals surface area (Å²) < 4.78 is 0. The zero-order chi connectivity index (χ0) is 11.9. The van der Waals surface area contributed by atoms with Gasteiger partial charge >= 0.3 is 0 Å². The van der Waals surface area contributed by atoms with Gasteiger partial charge in [-0.2, -0.15) is 0 Å². The molecule has 88 valence electrons. The normalized spacial score (nSPS) is 12.1. The predicted molar refractivity (Wildman–Crippen MR) is 70.8 cm³/mol. The fraction of sp³-hybridized carbons (Fsp3) is 0.214. The number of rotatable bonds is 5. The molecule has 2 aromatic rings. The van der Waals surface area contributed by atoms with E-state index in [0.29, 0.717) is 6.54 Å². The number of benzene rings is 1. The van der Waals surface area contributed by atoms with E-state index in [9.17, 15) is 0 Å². The van der Waals surface area contributed by atoms with E-state index in [0.717, 1.165) is 12.1 Å². The summed E-state index contributed by atoms with van der Waals surface area (Å²) in [7, 11) is 0. The third kappa shape index (κ3) is 3.57. The Balaban J connectivity index is 1.98. The number of nitrogens with two attached hydrogens (primary N) is 1. The molecule has 17 heavy (non-hydrogen) atoms. The molecule has 0 saturated heterocycles. The summed E-state index contributed by atoms with van der Waals surface area (Å²) >= 11 is 0. The zero-order valence-electron chi connectivity index (χ0n) is 9.71. The van der Waals surface area contributed by atoms with Crippen molar-refractivity contribution in [2.45, 2.75) is 12.5 Å². The fourth-order valence-corrected chi connectivity index (χ4v) is 1.78. The topological polar surface area (TPSA) is 50.9 Å². The van der Waals surface area contributed by atoms with Crippen molar-refractivity contribution in [2.24, 2.45) is 5.73 Å². The molecule has 1 aromatic heterocycles. The van der Waals surface area contributed by atoms with Gasteiger partial charge in [-0.25, -0.2) is 0 Å². The summed E-state index contributed by atoms with van der Waals surface area (Å²) in [5.41, 5.74) is 8.15. The Morgan fingerprint density at radius 2 is 1.76 bits per heavy atom. The Bertz CT molecular complexity index is 386. The summed E-state index contributed by atoms with van der Waals surface area (Å²) in [6, 6.07) is 14.5. The van der Waals surface area contributed by atoms with E-state index in [4.69, 9.17) is 5.73 Å². The first-order chi connectivity index (χ1) is 8.38. The average molecular weight is 227 g/mol. The van der Waals surface area contributed by atoms with Crippen molar-refractivity contribution >= 4 is 5.69 Å². The molecule has 1 atom stereocenters. The van der Waals surface area contributed by atoms with Gasteiger partial charge in [-0.05, 0) is 24.1 Å². The molecule has 3 nitrogen and oxygen atoms in total. The van der Waals surface area contributed by atoms with Gasteiger partial charge in [0.2, 0.25) is 0 Å². The Morgan fingerprint density at radius 3 is 2.41 bits per heavy atom. The Morgan fingerprint density at radius 1 is 1.06 bits per heavy atom. The van der Waals surface area contributed by atoms with Crippen molar-refractivity contribution in [3.05, 3.63) is 60.4 Å². The van der Waals surface area contributed by atoms with Crippen LogP contribution in [0.2, 0.25) is 0 Å². The minimum absolute atomic E-state index is 0.250. The van der Waals surface area contributed by atoms with Gasteiger partial charge < -0.3 is 11.1 Å². The minimum atomic E-state index is 0.250. The van der Waals surface area contributed by atoms with Crippen LogP contribution < -0.4 is 11.1 Å². The summed E-state index contributed by atoms with van der Waals surface area (Å²) in [6.45, 7) is 0.608. The van der Waals surface area contributed by atoms with Crippen LogP contribution in [0.15, 0.2) is 54.9 Å². The van der Waals surface area contributed by atoms with Crippen molar-refractivity contribution in [3.8, 4) is 0 Å². The Hall–Kier alpha value is -1.87. The van der Waals surface area contributed by atoms with E-state index in [-0.39, 0.29) is 6.04 Å². The number of nitrogens with zero attached hydrogens (tertiary/aromatic N) is 1. The maximum atomic E-state index is 5.79. The number of hydrogen-bond donors (Lipinski definition) is 2. The van der Waals surface area contributed by atoms with Crippen LogP contribution in [0.4, 0.5) is 5.69 Å². The molecule has 3 N–H and O–H groups in total. The second kappa shape index (κ2) is 6.01. The molecule has 0 amide bonds. The van der Waals surface area contributed by atoms with Crippen molar-refractivity contribution < 1.29 is 0 Å². The van der Waals surface area contributed by atoms with Crippen LogP contribution in [0.1, 0.15) is 5.56 Å². The van der Waals surface area contributed by atoms with Crippen LogP contribution in [-0.2, 0) is 6.42 Å². The molecule has 0 fully saturated rings. The predicted octanol–water partition coefficient (Wildman–Crippen LogP) is 2.06. The molecule has 1 aromatic carbocycles. The van der Waals surface area contributed by atoms with Gasteiger partial charge in [-0.1, -0.05) is 30.3 Å². The van der Waals surface area contributed by atoms with Gasteiger partial charge in [0.05, 0.1) is 0 Å². The van der Waals surface area contributed by atoms with Crippen LogP contribution in [0.5, 0.6) is 0 Å². The minimum Gasteiger partial charge on any atom is -0.381 e. The molecule has 3 heteroatoms. The first kappa shape index (κ1) is 11.6. The SMILES string of the molecule is NCC(Cc1ccccc1)Nc1ccncc1. The fourth-order valence-electron chi connectivity index (χ4n) is 1.78. The summed E-state index contributed by atoms with van der Waals surface area (Å²) in [6.07, 6.45) is 4.48. The molecule has 2 rings (SSSR count). The molecule has 1 heterocycles.